The van der Waals surface area contributed by atoms with Gasteiger partial charge in [-0.3, -0.25) is 4.57 Å². The molecule has 0 unspecified atom stereocenters. The van der Waals surface area contributed by atoms with Crippen LogP contribution in [-0.2, 0) is 12.2 Å². The van der Waals surface area contributed by atoms with Crippen LogP contribution in [0.15, 0.2) is 40.9 Å². The average molecular weight is 392 g/mol. The number of aromatic nitrogens is 3. The van der Waals surface area contributed by atoms with Crippen LogP contribution in [0.5, 0.6) is 0 Å². The van der Waals surface area contributed by atoms with E-state index in [9.17, 15) is 0 Å². The van der Waals surface area contributed by atoms with Gasteiger partial charge in [-0.15, -0.1) is 21.5 Å². The Morgan fingerprint density at radius 2 is 2.04 bits per heavy atom. The van der Waals surface area contributed by atoms with Crippen LogP contribution >= 0.6 is 34.7 Å². The number of hydrogen-bond acceptors (Lipinski definition) is 4. The highest BCUT2D eigenvalue weighted by molar-refractivity contribution is 7.98. The quantitative estimate of drug-likeness (QED) is 0.431. The molecule has 0 fully saturated rings. The highest BCUT2D eigenvalue weighted by Crippen LogP contribution is 2.32. The lowest BCUT2D eigenvalue weighted by atomic mass is 10.2. The molecule has 6 heteroatoms. The summed E-state index contributed by atoms with van der Waals surface area (Å²) in [7, 11) is 0. The molecule has 2 aromatic heterocycles. The lowest BCUT2D eigenvalue weighted by Crippen LogP contribution is -2.04. The number of rotatable bonds is 7. The van der Waals surface area contributed by atoms with E-state index in [2.05, 4.69) is 53.0 Å². The predicted octanol–water partition coefficient (Wildman–Crippen LogP) is 6.49. The normalized spacial score (nSPS) is 11.4. The average Bonchev–Trinajstić information content (AvgIpc) is 3.21. The third kappa shape index (κ3) is 4.27. The molecule has 0 atom stereocenters. The van der Waals surface area contributed by atoms with Gasteiger partial charge in [0, 0.05) is 32.6 Å². The summed E-state index contributed by atoms with van der Waals surface area (Å²) < 4.78 is 2.22. The minimum Gasteiger partial charge on any atom is -0.299 e. The van der Waals surface area contributed by atoms with Crippen molar-refractivity contribution in [3.05, 3.63) is 51.2 Å². The Morgan fingerprint density at radius 1 is 1.24 bits per heavy atom. The highest BCUT2D eigenvalue weighted by atomic mass is 35.5. The number of halogens is 1. The van der Waals surface area contributed by atoms with E-state index in [1.807, 2.05) is 18.2 Å². The molecule has 2 heterocycles. The fourth-order valence-corrected chi connectivity index (χ4v) is 4.99. The van der Waals surface area contributed by atoms with Crippen LogP contribution in [0.3, 0.4) is 0 Å². The minimum absolute atomic E-state index is 0.299. The van der Waals surface area contributed by atoms with Gasteiger partial charge in [-0.05, 0) is 38.0 Å². The standard InChI is InChI=1S/C19H22ClN3S2/c1-4-7-16-10-15(12-24-16)18-21-22-19(23(18)13(2)3)25-11-14-8-5-6-9-17(14)20/h5-6,8-10,12-13H,4,7,11H2,1-3H3. The Morgan fingerprint density at radius 3 is 2.76 bits per heavy atom. The molecule has 0 saturated heterocycles. The van der Waals surface area contributed by atoms with E-state index in [1.165, 1.54) is 10.4 Å². The molecule has 1 aromatic carbocycles. The third-order valence-electron chi connectivity index (χ3n) is 3.90. The fraction of sp³-hybridized carbons (Fsp3) is 0.368. The molecule has 132 valence electrons. The Hall–Kier alpha value is -1.30. The van der Waals surface area contributed by atoms with Crippen molar-refractivity contribution in [1.82, 2.24) is 14.8 Å². The zero-order chi connectivity index (χ0) is 17.8. The minimum atomic E-state index is 0.299. The number of hydrogen-bond donors (Lipinski definition) is 0. The molecule has 0 bridgehead atoms. The second-order valence-electron chi connectivity index (χ2n) is 6.20. The van der Waals surface area contributed by atoms with Gasteiger partial charge >= 0.3 is 0 Å². The first-order valence-electron chi connectivity index (χ1n) is 8.49. The summed E-state index contributed by atoms with van der Waals surface area (Å²) in [5.41, 5.74) is 2.29. The maximum absolute atomic E-state index is 6.27. The molecule has 0 N–H and O–H groups in total. The van der Waals surface area contributed by atoms with Gasteiger partial charge < -0.3 is 0 Å². The fourth-order valence-electron chi connectivity index (χ4n) is 2.67. The van der Waals surface area contributed by atoms with E-state index in [0.29, 0.717) is 6.04 Å². The van der Waals surface area contributed by atoms with Crippen LogP contribution in [-0.4, -0.2) is 14.8 Å². The predicted molar refractivity (Wildman–Crippen MR) is 109 cm³/mol. The first-order chi connectivity index (χ1) is 12.1. The molecular formula is C19H22ClN3S2. The van der Waals surface area contributed by atoms with Crippen molar-refractivity contribution in [1.29, 1.82) is 0 Å². The van der Waals surface area contributed by atoms with Gasteiger partial charge in [0.1, 0.15) is 0 Å². The van der Waals surface area contributed by atoms with Crippen molar-refractivity contribution in [3.8, 4) is 11.4 Å². The van der Waals surface area contributed by atoms with Gasteiger partial charge in [-0.1, -0.05) is 54.9 Å². The molecule has 25 heavy (non-hydrogen) atoms. The van der Waals surface area contributed by atoms with E-state index in [0.717, 1.165) is 40.2 Å². The maximum atomic E-state index is 6.27. The van der Waals surface area contributed by atoms with Crippen molar-refractivity contribution in [2.24, 2.45) is 0 Å². The largest absolute Gasteiger partial charge is 0.299 e. The van der Waals surface area contributed by atoms with Crippen molar-refractivity contribution in [3.63, 3.8) is 0 Å². The number of aryl methyl sites for hydroxylation is 1. The van der Waals surface area contributed by atoms with Gasteiger partial charge in [0.25, 0.3) is 0 Å². The van der Waals surface area contributed by atoms with E-state index in [1.54, 1.807) is 23.1 Å². The first-order valence-corrected chi connectivity index (χ1v) is 10.7. The Balaban J connectivity index is 1.85. The van der Waals surface area contributed by atoms with Crippen LogP contribution in [0.2, 0.25) is 5.02 Å². The Bertz CT molecular complexity index is 839. The number of benzene rings is 1. The van der Waals surface area contributed by atoms with Crippen LogP contribution in [0.4, 0.5) is 0 Å². The van der Waals surface area contributed by atoms with Gasteiger partial charge in [0.05, 0.1) is 0 Å². The molecule has 3 rings (SSSR count). The molecule has 0 spiro atoms. The van der Waals surface area contributed by atoms with Gasteiger partial charge in [0.15, 0.2) is 11.0 Å². The number of thiophene rings is 1. The van der Waals surface area contributed by atoms with Crippen molar-refractivity contribution in [2.75, 3.05) is 0 Å². The summed E-state index contributed by atoms with van der Waals surface area (Å²) >= 11 is 9.76. The second-order valence-corrected chi connectivity index (χ2v) is 8.55. The van der Waals surface area contributed by atoms with E-state index < -0.39 is 0 Å². The Labute approximate surface area is 162 Å². The summed E-state index contributed by atoms with van der Waals surface area (Å²) in [6.45, 7) is 6.55. The van der Waals surface area contributed by atoms with Crippen molar-refractivity contribution >= 4 is 34.7 Å². The second kappa shape index (κ2) is 8.39. The zero-order valence-corrected chi connectivity index (χ0v) is 17.1. The van der Waals surface area contributed by atoms with Crippen LogP contribution < -0.4 is 0 Å². The summed E-state index contributed by atoms with van der Waals surface area (Å²) in [6, 6.07) is 10.5. The maximum Gasteiger partial charge on any atom is 0.192 e. The molecule has 3 nitrogen and oxygen atoms in total. The van der Waals surface area contributed by atoms with Gasteiger partial charge in [-0.2, -0.15) is 0 Å². The Kier molecular flexibility index (Phi) is 6.20. The molecule has 0 radical (unpaired) electrons. The molecule has 0 amide bonds. The van der Waals surface area contributed by atoms with E-state index in [4.69, 9.17) is 11.6 Å². The van der Waals surface area contributed by atoms with Crippen molar-refractivity contribution in [2.45, 2.75) is 50.6 Å². The summed E-state index contributed by atoms with van der Waals surface area (Å²) in [5, 5.41) is 12.9. The number of thioether (sulfide) groups is 1. The van der Waals surface area contributed by atoms with Crippen LogP contribution in [0.1, 0.15) is 43.7 Å². The summed E-state index contributed by atoms with van der Waals surface area (Å²) in [4.78, 5) is 1.40. The smallest absolute Gasteiger partial charge is 0.192 e. The lowest BCUT2D eigenvalue weighted by Gasteiger charge is -2.13. The van der Waals surface area contributed by atoms with E-state index >= 15 is 0 Å². The highest BCUT2D eigenvalue weighted by Gasteiger charge is 2.18. The van der Waals surface area contributed by atoms with Crippen LogP contribution in [0, 0.1) is 0 Å². The molecule has 3 aromatic rings. The first kappa shape index (κ1) is 18.5. The summed E-state index contributed by atoms with van der Waals surface area (Å²) in [6.07, 6.45) is 2.28. The molecule has 0 saturated carbocycles. The van der Waals surface area contributed by atoms with Gasteiger partial charge in [0.2, 0.25) is 0 Å². The third-order valence-corrected chi connectivity index (χ3v) is 6.26. The molecule has 0 aliphatic carbocycles. The topological polar surface area (TPSA) is 30.7 Å². The zero-order valence-electron chi connectivity index (χ0n) is 14.7. The SMILES string of the molecule is CCCc1cc(-c2nnc(SCc3ccccc3Cl)n2C(C)C)cs1. The summed E-state index contributed by atoms with van der Waals surface area (Å²) in [5.74, 6) is 1.74. The molecule has 0 aliphatic rings. The van der Waals surface area contributed by atoms with Crippen molar-refractivity contribution < 1.29 is 0 Å². The van der Waals surface area contributed by atoms with E-state index in [-0.39, 0.29) is 0 Å². The lowest BCUT2D eigenvalue weighted by molar-refractivity contribution is 0.555. The van der Waals surface area contributed by atoms with Crippen LogP contribution in [0.25, 0.3) is 11.4 Å². The molecular weight excluding hydrogens is 370 g/mol. The monoisotopic (exact) mass is 391 g/mol. The van der Waals surface area contributed by atoms with Gasteiger partial charge in [-0.25, -0.2) is 0 Å². The number of nitrogens with zero attached hydrogens (tertiary/aromatic N) is 3. The molecule has 0 aliphatic heterocycles.